The minimum atomic E-state index is -5.03. The number of hydrogen-bond donors (Lipinski definition) is 7. The van der Waals surface area contributed by atoms with Crippen LogP contribution in [-0.2, 0) is 53.5 Å². The quantitative estimate of drug-likeness (QED) is 0.0261. The van der Waals surface area contributed by atoms with E-state index in [1.54, 1.807) is 13.8 Å². The van der Waals surface area contributed by atoms with Gasteiger partial charge in [-0.25, -0.2) is 13.2 Å². The fourth-order valence-corrected chi connectivity index (χ4v) is 13.1. The number of anilines is 3. The first-order chi connectivity index (χ1) is 39.6. The number of carbonyl (C=O) groups excluding carboxylic acids is 9. The zero-order valence-corrected chi connectivity index (χ0v) is 49.3. The number of alkyl carbamates (subject to hydrolysis) is 1. The van der Waals surface area contributed by atoms with Crippen LogP contribution < -0.4 is 32.3 Å². The molecule has 23 heteroatoms. The lowest BCUT2D eigenvalue weighted by Gasteiger charge is -2.27. The molecule has 4 aromatic carbocycles. The Balaban J connectivity index is 0.865. The molecule has 0 spiro atoms. The number of Topliss-reactive ketones (excluding diaryl/α,β-unsaturated/α-hetero) is 5. The van der Waals surface area contributed by atoms with Crippen molar-refractivity contribution in [2.75, 3.05) is 23.4 Å². The first-order valence-corrected chi connectivity index (χ1v) is 30.7. The maximum atomic E-state index is 13.9. The van der Waals surface area contributed by atoms with Gasteiger partial charge in [0.1, 0.15) is 17.5 Å². The highest BCUT2D eigenvalue weighted by Gasteiger charge is 2.42. The Bertz CT molecular complexity index is 3590. The molecular formula is C61H70N6O15S2. The van der Waals surface area contributed by atoms with E-state index in [1.807, 2.05) is 48.5 Å². The molecule has 1 saturated carbocycles. The van der Waals surface area contributed by atoms with Gasteiger partial charge in [0.15, 0.2) is 38.8 Å². The van der Waals surface area contributed by atoms with Crippen LogP contribution >= 0.6 is 0 Å². The largest absolute Gasteiger partial charge is 0.449 e. The molecule has 7 unspecified atom stereocenters. The van der Waals surface area contributed by atoms with Crippen LogP contribution in [0.5, 0.6) is 0 Å². The van der Waals surface area contributed by atoms with Crippen LogP contribution in [0.4, 0.5) is 21.9 Å². The molecule has 7 atom stereocenters. The second kappa shape index (κ2) is 26.2. The van der Waals surface area contributed by atoms with Gasteiger partial charge in [0.2, 0.25) is 17.7 Å². The monoisotopic (exact) mass is 1190 g/mol. The number of fused-ring (bicyclic) bond motifs is 4. The van der Waals surface area contributed by atoms with Gasteiger partial charge in [0.05, 0.1) is 51.3 Å². The molecule has 4 aromatic rings. The van der Waals surface area contributed by atoms with Gasteiger partial charge in [-0.15, -0.1) is 0 Å². The lowest BCUT2D eigenvalue weighted by molar-refractivity contribution is -0.137. The molecule has 0 heterocycles. The maximum absolute atomic E-state index is 13.9. The first-order valence-electron chi connectivity index (χ1n) is 27.6. The highest BCUT2D eigenvalue weighted by molar-refractivity contribution is 7.91. The minimum Gasteiger partial charge on any atom is -0.449 e. The number of ether oxygens (including phenoxy) is 1. The van der Waals surface area contributed by atoms with Crippen LogP contribution in [0.1, 0.15) is 125 Å². The number of hydrogen-bond acceptors (Lipinski definition) is 16. The molecule has 446 valence electrons. The third-order valence-electron chi connectivity index (χ3n) is 15.7. The van der Waals surface area contributed by atoms with Gasteiger partial charge in [0, 0.05) is 53.3 Å². The van der Waals surface area contributed by atoms with Crippen LogP contribution in [0.15, 0.2) is 112 Å². The summed E-state index contributed by atoms with van der Waals surface area (Å²) >= 11 is 0. The number of carbonyl (C=O) groups is 9. The topological polar surface area (TPSA) is 338 Å². The summed E-state index contributed by atoms with van der Waals surface area (Å²) in [6.45, 7) is 14.3. The zero-order valence-electron chi connectivity index (χ0n) is 47.7. The Morgan fingerprint density at radius 1 is 0.738 bits per heavy atom. The molecule has 7 rings (SSSR count). The number of nitrogen functional groups attached to an aromatic ring is 1. The molecular weight excluding hydrogens is 1120 g/mol. The SMILES string of the molecule is C=CC1=C(C)C(=O)c2c(Nc3cccc(S(=O)(=O)CCCC(=O)C(C)NC(=O)C(C)CC(=O)C(NC(=O)C4CCCC4C(=O)C(C)NC(=O)C(C)NC(=O)OCC4c5ccccc5-c5ccccc54)C(C)C)c3)cc(S(=O)(=O)O)c(N)c2C1=O. The summed E-state index contributed by atoms with van der Waals surface area (Å²) in [7, 11) is -9.13. The van der Waals surface area contributed by atoms with E-state index >= 15 is 0 Å². The normalized spacial score (nSPS) is 17.6. The van der Waals surface area contributed by atoms with Gasteiger partial charge in [-0.1, -0.05) is 94.4 Å². The standard InChI is InChI=1S/C61H70N6O15S2/c1-9-39-33(5)55(70)51-47(29-50(84(79,80)81)53(62)52(51)57(39)72)66-37-17-14-18-38(28-37)83(77,78)26-16-25-48(68)34(6)63-58(73)32(4)27-49(69)54(31(2)3)67-60(75)45-24-15-23-44(45)56(71)35(7)64-59(74)36(8)65-61(76)82-30-46-42-21-12-10-19-40(42)41-20-11-13-22-43(41)46/h9-14,17-22,28-29,31-32,34-36,44-46,54,66H,1,15-16,23-27,30,62H2,2-8H3,(H,63,73)(H,64,74)(H,65,76)(H,67,75)(H,79,80,81). The van der Waals surface area contributed by atoms with E-state index in [9.17, 15) is 64.5 Å². The van der Waals surface area contributed by atoms with Crippen LogP contribution in [0, 0.1) is 23.7 Å². The van der Waals surface area contributed by atoms with E-state index in [1.165, 1.54) is 58.9 Å². The summed E-state index contributed by atoms with van der Waals surface area (Å²) in [5.41, 5.74) is 8.43. The van der Waals surface area contributed by atoms with Crippen LogP contribution in [0.25, 0.3) is 11.1 Å². The maximum Gasteiger partial charge on any atom is 0.407 e. The molecule has 3 aliphatic rings. The third kappa shape index (κ3) is 13.9. The van der Waals surface area contributed by atoms with Crippen molar-refractivity contribution >= 4 is 89.7 Å². The highest BCUT2D eigenvalue weighted by Crippen LogP contribution is 2.45. The summed E-state index contributed by atoms with van der Waals surface area (Å²) in [6.07, 6.45) is 0.830. The van der Waals surface area contributed by atoms with Gasteiger partial charge in [0.25, 0.3) is 10.1 Å². The Labute approximate surface area is 488 Å². The lowest BCUT2D eigenvalue weighted by Crippen LogP contribution is -2.52. The van der Waals surface area contributed by atoms with Gasteiger partial charge in [-0.05, 0) is 99.4 Å². The fourth-order valence-electron chi connectivity index (χ4n) is 11.1. The van der Waals surface area contributed by atoms with E-state index < -0.39 is 137 Å². The van der Waals surface area contributed by atoms with E-state index in [0.29, 0.717) is 19.3 Å². The van der Waals surface area contributed by atoms with Gasteiger partial charge >= 0.3 is 6.09 Å². The number of rotatable bonds is 25. The summed E-state index contributed by atoms with van der Waals surface area (Å²) < 4.78 is 67.3. The number of nitrogens with one attached hydrogen (secondary N) is 5. The van der Waals surface area contributed by atoms with Crippen molar-refractivity contribution < 1.29 is 69.3 Å². The predicted molar refractivity (Wildman–Crippen MR) is 313 cm³/mol. The van der Waals surface area contributed by atoms with E-state index in [4.69, 9.17) is 10.5 Å². The molecule has 0 radical (unpaired) electrons. The molecule has 84 heavy (non-hydrogen) atoms. The summed E-state index contributed by atoms with van der Waals surface area (Å²) in [5.74, 6) is -8.31. The molecule has 0 bridgehead atoms. The van der Waals surface area contributed by atoms with E-state index in [-0.39, 0.29) is 70.6 Å². The average molecular weight is 1190 g/mol. The van der Waals surface area contributed by atoms with Crippen molar-refractivity contribution in [2.24, 2.45) is 23.7 Å². The second-order valence-corrected chi connectivity index (χ2v) is 25.5. The van der Waals surface area contributed by atoms with E-state index in [2.05, 4.69) is 33.2 Å². The Hall–Kier alpha value is -8.15. The number of sulfone groups is 1. The summed E-state index contributed by atoms with van der Waals surface area (Å²) in [4.78, 5) is 120. The Kier molecular flexibility index (Phi) is 19.8. The number of nitrogens with two attached hydrogens (primary N) is 1. The van der Waals surface area contributed by atoms with Crippen LogP contribution in [0.3, 0.4) is 0 Å². The molecule has 0 saturated heterocycles. The summed E-state index contributed by atoms with van der Waals surface area (Å²) in [5, 5.41) is 13.4. The molecule has 3 aliphatic carbocycles. The van der Waals surface area contributed by atoms with Crippen molar-refractivity contribution in [3.05, 3.63) is 125 Å². The Morgan fingerprint density at radius 2 is 1.36 bits per heavy atom. The number of amides is 4. The number of benzene rings is 4. The van der Waals surface area contributed by atoms with Gasteiger partial charge < -0.3 is 37.1 Å². The van der Waals surface area contributed by atoms with Crippen molar-refractivity contribution in [3.63, 3.8) is 0 Å². The van der Waals surface area contributed by atoms with Crippen LogP contribution in [-0.4, -0.2) is 111 Å². The number of ketones is 5. The molecule has 8 N–H and O–H groups in total. The van der Waals surface area contributed by atoms with Gasteiger partial charge in [-0.3, -0.25) is 42.9 Å². The highest BCUT2D eigenvalue weighted by atomic mass is 32.2. The average Bonchev–Trinajstić information content (AvgIpc) is 4.23. The van der Waals surface area contributed by atoms with Gasteiger partial charge in [-0.2, -0.15) is 8.42 Å². The molecule has 1 fully saturated rings. The Morgan fingerprint density at radius 3 is 1.98 bits per heavy atom. The molecule has 21 nitrogen and oxygen atoms in total. The minimum absolute atomic E-state index is 0.00597. The smallest absolute Gasteiger partial charge is 0.407 e. The fraction of sp³-hybridized carbons (Fsp3) is 0.393. The zero-order chi connectivity index (χ0) is 61.7. The first kappa shape index (κ1) is 63.4. The van der Waals surface area contributed by atoms with Crippen molar-refractivity contribution in [3.8, 4) is 11.1 Å². The predicted octanol–water partition coefficient (Wildman–Crippen LogP) is 6.92. The van der Waals surface area contributed by atoms with Crippen molar-refractivity contribution in [2.45, 2.75) is 127 Å². The summed E-state index contributed by atoms with van der Waals surface area (Å²) in [6, 6.07) is 17.7. The van der Waals surface area contributed by atoms with E-state index in [0.717, 1.165) is 34.4 Å². The number of allylic oxidation sites excluding steroid dienone is 3. The second-order valence-electron chi connectivity index (χ2n) is 22.0. The lowest BCUT2D eigenvalue weighted by atomic mass is 9.82. The third-order valence-corrected chi connectivity index (χ3v) is 18.4. The molecule has 0 aromatic heterocycles. The van der Waals surface area contributed by atoms with Crippen molar-refractivity contribution in [1.82, 2.24) is 21.3 Å². The molecule has 0 aliphatic heterocycles. The van der Waals surface area contributed by atoms with Crippen molar-refractivity contribution in [1.29, 1.82) is 0 Å². The molecule has 4 amide bonds. The van der Waals surface area contributed by atoms with Crippen LogP contribution in [0.2, 0.25) is 0 Å².